The molecule has 3 aliphatic carbocycles. The maximum atomic E-state index is 15.7. The minimum Gasteiger partial charge on any atom is -0.461 e. The molecule has 0 aromatic heterocycles. The summed E-state index contributed by atoms with van der Waals surface area (Å²) in [7, 11) is 0. The van der Waals surface area contributed by atoms with Gasteiger partial charge in [0, 0.05) is 43.4 Å². The minimum atomic E-state index is -2.43. The lowest BCUT2D eigenvalue weighted by molar-refractivity contribution is -0.350. The largest absolute Gasteiger partial charge is 0.461 e. The molecule has 1 aliphatic heterocycles. The van der Waals surface area contributed by atoms with Gasteiger partial charge in [0.2, 0.25) is 11.6 Å². The Morgan fingerprint density at radius 2 is 1.32 bits per heavy atom. The fourth-order valence-corrected chi connectivity index (χ4v) is 12.1. The third kappa shape index (κ3) is 14.8. The molecule has 2 aromatic carbocycles. The predicted molar refractivity (Wildman–Crippen MR) is 304 cm³/mol. The Bertz CT molecular complexity index is 2720. The van der Waals surface area contributed by atoms with Gasteiger partial charge >= 0.3 is 30.0 Å². The first-order chi connectivity index (χ1) is 38.4. The number of carbonyl (C=O) groups is 7. The molecular formula is C65H83NO15. The highest BCUT2D eigenvalue weighted by molar-refractivity contribution is 6.40. The van der Waals surface area contributed by atoms with E-state index in [9.17, 15) is 34.2 Å². The molecule has 3 N–H and O–H groups in total. The molecule has 2 aromatic rings. The fraction of sp³-hybridized carbons (Fsp3) is 0.523. The number of hydrogen-bond donors (Lipinski definition) is 3. The third-order valence-electron chi connectivity index (χ3n) is 16.2. The summed E-state index contributed by atoms with van der Waals surface area (Å²) in [6, 6.07) is 14.6. The maximum absolute atomic E-state index is 15.7. The Kier molecular flexibility index (Phi) is 21.8. The zero-order valence-corrected chi connectivity index (χ0v) is 48.4. The van der Waals surface area contributed by atoms with Crippen molar-refractivity contribution in [1.29, 1.82) is 0 Å². The number of carbonyl (C=O) groups excluding carboxylic acids is 7. The Hall–Kier alpha value is -6.75. The average Bonchev–Trinajstić information content (AvgIpc) is 1.08. The van der Waals surface area contributed by atoms with Crippen molar-refractivity contribution in [2.24, 2.45) is 28.6 Å². The zero-order chi connectivity index (χ0) is 59.2. The number of aliphatic hydroxyl groups excluding tert-OH is 1. The predicted octanol–water partition coefficient (Wildman–Crippen LogP) is 10.4. The van der Waals surface area contributed by atoms with E-state index in [2.05, 4.69) is 66.9 Å². The van der Waals surface area contributed by atoms with Crippen LogP contribution in [0, 0.1) is 28.6 Å². The van der Waals surface area contributed by atoms with Gasteiger partial charge in [-0.2, -0.15) is 0 Å². The van der Waals surface area contributed by atoms with E-state index in [1.807, 2.05) is 18.2 Å². The molecule has 2 bridgehead atoms. The summed E-state index contributed by atoms with van der Waals surface area (Å²) >= 11 is 0. The van der Waals surface area contributed by atoms with E-state index in [1.54, 1.807) is 90.1 Å². The number of esters is 4. The van der Waals surface area contributed by atoms with Crippen LogP contribution in [-0.4, -0.2) is 106 Å². The highest BCUT2D eigenvalue weighted by atomic mass is 16.6. The first-order valence-corrected chi connectivity index (χ1v) is 28.3. The fourth-order valence-electron chi connectivity index (χ4n) is 12.1. The summed E-state index contributed by atoms with van der Waals surface area (Å²) in [6.07, 6.45) is 20.7. The van der Waals surface area contributed by atoms with Crippen LogP contribution in [0.1, 0.15) is 148 Å². The Labute approximate surface area is 477 Å². The number of benzene rings is 2. The molecule has 3 saturated carbocycles. The van der Waals surface area contributed by atoms with Crippen LogP contribution in [-0.2, 0) is 52.4 Å². The van der Waals surface area contributed by atoms with E-state index in [0.29, 0.717) is 12.0 Å². The highest BCUT2D eigenvalue weighted by Crippen LogP contribution is 2.65. The van der Waals surface area contributed by atoms with Gasteiger partial charge in [0.1, 0.15) is 35.6 Å². The SMILES string of the molecule is CCC=CCC=CCC=CCC=CCC=CCC=CCCC(=O)O[C@H]1C[C@H]2OC[C@@]2(OC(C)=O)[C@H]2[C@H](OC(=O)c3ccccc3)[C@]3(O)CC(OC(=O)C(O)[C@@H](NC(=O)OC(C)(C)C)c4ccccc4)C(C)C(C(=O)C(=O)[C@]12C)C3(C)C. The number of ketones is 2. The quantitative estimate of drug-likeness (QED) is 0.0407. The maximum Gasteiger partial charge on any atom is 0.408 e. The number of Topliss-reactive ketones (excluding diaryl/α,β-unsaturated/α-hetero) is 2. The molecule has 438 valence electrons. The van der Waals surface area contributed by atoms with Crippen molar-refractivity contribution in [1.82, 2.24) is 5.32 Å². The molecule has 1 amide bonds. The molecule has 12 atom stereocenters. The zero-order valence-electron chi connectivity index (χ0n) is 48.4. The first kappa shape index (κ1) is 63.4. The lowest BCUT2D eigenvalue weighted by Crippen LogP contribution is -2.83. The summed E-state index contributed by atoms with van der Waals surface area (Å²) in [5.41, 5.74) is -8.68. The summed E-state index contributed by atoms with van der Waals surface area (Å²) in [4.78, 5) is 101. The highest BCUT2D eigenvalue weighted by Gasteiger charge is 2.80. The molecule has 0 spiro atoms. The summed E-state index contributed by atoms with van der Waals surface area (Å²) in [5.74, 6) is -9.92. The molecular weight excluding hydrogens is 1030 g/mol. The molecule has 1 saturated heterocycles. The standard InChI is InChI=1S/C65H83NO15/c1-10-11-12-13-14-15-16-17-18-19-20-21-22-23-24-25-26-27-34-39-50(68)78-48-40-49-64(42-76-49,80-44(3)67)55-57(79-58(72)46-37-32-29-33-38-46)65(75)41-47(43(2)51(62(65,7)8)53(69)56(71)63(48,55)9)77-59(73)54(70)52(45-35-30-28-31-36-45)66-60(74)81-61(4,5)6/h11-12,14-15,17-18,20-21,23-24,26-33,35-38,43,47-49,51-52,54-55,57,70,75H,10,13,16,19,22,25,34,39-42H2,1-9H3,(H,66,74)/t43?,47?,48-,49+,51?,52-,54?,55-,57-,63+,64-,65+/m0/s1. The Morgan fingerprint density at radius 3 is 1.84 bits per heavy atom. The molecule has 81 heavy (non-hydrogen) atoms. The summed E-state index contributed by atoms with van der Waals surface area (Å²) < 4.78 is 36.7. The van der Waals surface area contributed by atoms with Gasteiger partial charge in [0.05, 0.1) is 29.5 Å². The van der Waals surface area contributed by atoms with E-state index < -0.39 is 130 Å². The number of amides is 1. The van der Waals surface area contributed by atoms with Gasteiger partial charge in [-0.3, -0.25) is 19.2 Å². The number of allylic oxidation sites excluding steroid dienone is 12. The van der Waals surface area contributed by atoms with Gasteiger partial charge in [0.25, 0.3) is 0 Å². The smallest absolute Gasteiger partial charge is 0.408 e. The van der Waals surface area contributed by atoms with Crippen LogP contribution in [0.3, 0.4) is 0 Å². The number of nitrogens with one attached hydrogen (secondary N) is 1. The number of rotatable bonds is 23. The molecule has 16 nitrogen and oxygen atoms in total. The van der Waals surface area contributed by atoms with Gasteiger partial charge < -0.3 is 44.0 Å². The normalized spacial score (nSPS) is 28.9. The van der Waals surface area contributed by atoms with Gasteiger partial charge in [-0.15, -0.1) is 0 Å². The monoisotopic (exact) mass is 1120 g/mol. The van der Waals surface area contributed by atoms with Crippen LogP contribution in [0.2, 0.25) is 0 Å². The van der Waals surface area contributed by atoms with Crippen LogP contribution in [0.5, 0.6) is 0 Å². The van der Waals surface area contributed by atoms with E-state index in [4.69, 9.17) is 28.4 Å². The molecule has 4 aliphatic rings. The second kappa shape index (κ2) is 27.8. The van der Waals surface area contributed by atoms with Gasteiger partial charge in [0.15, 0.2) is 11.7 Å². The van der Waals surface area contributed by atoms with Crippen molar-refractivity contribution in [3.05, 3.63) is 145 Å². The first-order valence-electron chi connectivity index (χ1n) is 28.3. The van der Waals surface area contributed by atoms with Crippen molar-refractivity contribution in [3.8, 4) is 0 Å². The molecule has 4 fully saturated rings. The van der Waals surface area contributed by atoms with Crippen LogP contribution >= 0.6 is 0 Å². The number of fused-ring (bicyclic) bond motifs is 5. The van der Waals surface area contributed by atoms with Crippen molar-refractivity contribution < 1.29 is 72.2 Å². The minimum absolute atomic E-state index is 0.0532. The van der Waals surface area contributed by atoms with Crippen LogP contribution in [0.25, 0.3) is 0 Å². The summed E-state index contributed by atoms with van der Waals surface area (Å²) in [6.45, 7) is 14.0. The van der Waals surface area contributed by atoms with Crippen molar-refractivity contribution in [2.45, 2.75) is 180 Å². The summed E-state index contributed by atoms with van der Waals surface area (Å²) in [5, 5.41) is 28.3. The van der Waals surface area contributed by atoms with Gasteiger partial charge in [-0.25, -0.2) is 14.4 Å². The third-order valence-corrected chi connectivity index (χ3v) is 16.2. The topological polar surface area (TPSA) is 227 Å². The second-order valence-corrected chi connectivity index (χ2v) is 23.3. The Morgan fingerprint density at radius 1 is 0.778 bits per heavy atom. The van der Waals surface area contributed by atoms with E-state index in [0.717, 1.165) is 39.0 Å². The molecule has 16 heteroatoms. The van der Waals surface area contributed by atoms with Crippen LogP contribution < -0.4 is 5.32 Å². The Balaban J connectivity index is 1.28. The number of ether oxygens (including phenoxy) is 6. The molecule has 4 unspecified atom stereocenters. The van der Waals surface area contributed by atoms with Crippen molar-refractivity contribution in [3.63, 3.8) is 0 Å². The van der Waals surface area contributed by atoms with Gasteiger partial charge in [-0.1, -0.05) is 149 Å². The number of hydrogen-bond acceptors (Lipinski definition) is 15. The van der Waals surface area contributed by atoms with Crippen LogP contribution in [0.4, 0.5) is 4.79 Å². The molecule has 6 rings (SSSR count). The van der Waals surface area contributed by atoms with E-state index in [-0.39, 0.29) is 31.4 Å². The van der Waals surface area contributed by atoms with Gasteiger partial charge in [-0.05, 0) is 90.3 Å². The lowest BCUT2D eigenvalue weighted by Gasteiger charge is -2.68. The van der Waals surface area contributed by atoms with E-state index in [1.165, 1.54) is 19.1 Å². The van der Waals surface area contributed by atoms with Crippen molar-refractivity contribution in [2.75, 3.05) is 6.61 Å². The average molecular weight is 1120 g/mol. The lowest BCUT2D eigenvalue weighted by atomic mass is 9.42. The van der Waals surface area contributed by atoms with Crippen molar-refractivity contribution >= 4 is 41.5 Å². The van der Waals surface area contributed by atoms with Crippen LogP contribution in [0.15, 0.2) is 134 Å². The molecule has 1 heterocycles. The molecule has 0 radical (unpaired) electrons. The van der Waals surface area contributed by atoms with E-state index >= 15 is 9.59 Å². The number of aliphatic hydroxyl groups is 2. The number of alkyl carbamates (subject to hydrolysis) is 1. The second-order valence-electron chi connectivity index (χ2n) is 23.3.